The summed E-state index contributed by atoms with van der Waals surface area (Å²) in [4.78, 5) is 0. The fourth-order valence-electron chi connectivity index (χ4n) is 0.954. The minimum atomic E-state index is 0.281. The van der Waals surface area contributed by atoms with Gasteiger partial charge < -0.3 is 4.74 Å². The Morgan fingerprint density at radius 2 is 2.50 bits per heavy atom. The number of ether oxygens (including phenoxy) is 1. The van der Waals surface area contributed by atoms with Crippen molar-refractivity contribution in [3.8, 4) is 5.75 Å². The average Bonchev–Trinajstić information content (AvgIpc) is 2.63. The molecule has 0 unspecified atom stereocenters. The highest BCUT2D eigenvalue weighted by molar-refractivity contribution is 6.36. The second kappa shape index (κ2) is 5.94. The molecular weight excluding hydrogens is 223 g/mol. The molecule has 0 amide bonds. The summed E-state index contributed by atoms with van der Waals surface area (Å²) in [6.07, 6.45) is 4.54. The highest BCUT2D eigenvalue weighted by Gasteiger charge is 1.99. The number of hydrogen-bond acceptors (Lipinski definition) is 2. The maximum absolute atomic E-state index is 5.66. The van der Waals surface area contributed by atoms with Gasteiger partial charge in [-0.1, -0.05) is 30.1 Å². The quantitative estimate of drug-likeness (QED) is 0.784. The Balaban J connectivity index is 2.43. The van der Waals surface area contributed by atoms with E-state index in [4.69, 9.17) is 27.9 Å². The second-order valence-electron chi connectivity index (χ2n) is 2.78. The lowest BCUT2D eigenvalue weighted by Crippen LogP contribution is -1.97. The van der Waals surface area contributed by atoms with Crippen molar-refractivity contribution in [1.29, 1.82) is 0 Å². The van der Waals surface area contributed by atoms with Gasteiger partial charge in [0.05, 0.1) is 17.4 Å². The van der Waals surface area contributed by atoms with E-state index in [0.717, 1.165) is 13.0 Å². The van der Waals surface area contributed by atoms with E-state index in [9.17, 15) is 0 Å². The first kappa shape index (κ1) is 11.4. The molecule has 0 bridgehead atoms. The average molecular weight is 235 g/mol. The summed E-state index contributed by atoms with van der Waals surface area (Å²) >= 11 is 11.0. The Labute approximate surface area is 93.3 Å². The van der Waals surface area contributed by atoms with Crippen molar-refractivity contribution in [3.05, 3.63) is 23.0 Å². The van der Waals surface area contributed by atoms with Crippen molar-refractivity contribution >= 4 is 23.2 Å². The van der Waals surface area contributed by atoms with Crippen LogP contribution >= 0.6 is 23.2 Å². The molecule has 0 N–H and O–H groups in total. The summed E-state index contributed by atoms with van der Waals surface area (Å²) in [7, 11) is 0. The summed E-state index contributed by atoms with van der Waals surface area (Å²) in [5.74, 6) is 0.704. The molecule has 78 valence electrons. The lowest BCUT2D eigenvalue weighted by molar-refractivity contribution is 0.358. The van der Waals surface area contributed by atoms with Crippen molar-refractivity contribution in [1.82, 2.24) is 9.78 Å². The number of aromatic nitrogens is 2. The Kier molecular flexibility index (Phi) is 4.84. The van der Waals surface area contributed by atoms with Gasteiger partial charge in [0.25, 0.3) is 0 Å². The maximum atomic E-state index is 5.66. The smallest absolute Gasteiger partial charge is 0.157 e. The van der Waals surface area contributed by atoms with Crippen molar-refractivity contribution in [3.63, 3.8) is 0 Å². The molecule has 0 spiro atoms. The van der Waals surface area contributed by atoms with E-state index >= 15 is 0 Å². The van der Waals surface area contributed by atoms with E-state index in [1.807, 2.05) is 10.9 Å². The molecule has 0 atom stereocenters. The Morgan fingerprint density at radius 1 is 1.71 bits per heavy atom. The van der Waals surface area contributed by atoms with Crippen molar-refractivity contribution < 1.29 is 4.74 Å². The van der Waals surface area contributed by atoms with Gasteiger partial charge in [-0.05, 0) is 6.42 Å². The molecule has 0 saturated carbocycles. The molecule has 5 heteroatoms. The van der Waals surface area contributed by atoms with Gasteiger partial charge in [0, 0.05) is 12.1 Å². The third-order valence-electron chi connectivity index (χ3n) is 1.56. The SMILES string of the molecule is CCCn1cc(OC/C(Cl)=C/Cl)cn1. The van der Waals surface area contributed by atoms with Crippen LogP contribution < -0.4 is 4.74 Å². The van der Waals surface area contributed by atoms with Gasteiger partial charge >= 0.3 is 0 Å². The normalized spacial score (nSPS) is 11.8. The van der Waals surface area contributed by atoms with Crippen LogP contribution in [0.25, 0.3) is 0 Å². The van der Waals surface area contributed by atoms with Gasteiger partial charge in [0.1, 0.15) is 6.61 Å². The molecule has 1 aromatic heterocycles. The zero-order valence-electron chi connectivity index (χ0n) is 7.91. The molecule has 1 aromatic rings. The summed E-state index contributed by atoms with van der Waals surface area (Å²) in [6.45, 7) is 3.26. The molecule has 0 aliphatic carbocycles. The molecule has 1 rings (SSSR count). The number of hydrogen-bond donors (Lipinski definition) is 0. The van der Waals surface area contributed by atoms with Gasteiger partial charge in [0.15, 0.2) is 5.75 Å². The minimum Gasteiger partial charge on any atom is -0.485 e. The van der Waals surface area contributed by atoms with Crippen LogP contribution in [0.4, 0.5) is 0 Å². The highest BCUT2D eigenvalue weighted by Crippen LogP contribution is 2.11. The van der Waals surface area contributed by atoms with E-state index in [2.05, 4.69) is 12.0 Å². The zero-order chi connectivity index (χ0) is 10.4. The van der Waals surface area contributed by atoms with E-state index in [1.165, 1.54) is 5.54 Å². The molecule has 0 radical (unpaired) electrons. The lowest BCUT2D eigenvalue weighted by atomic mass is 10.5. The van der Waals surface area contributed by atoms with Gasteiger partial charge in [-0.25, -0.2) is 0 Å². The number of aryl methyl sites for hydroxylation is 1. The number of rotatable bonds is 5. The number of nitrogens with zero attached hydrogens (tertiary/aromatic N) is 2. The lowest BCUT2D eigenvalue weighted by Gasteiger charge is -2.00. The summed E-state index contributed by atoms with van der Waals surface area (Å²) in [5, 5.41) is 4.57. The van der Waals surface area contributed by atoms with Gasteiger partial charge in [0.2, 0.25) is 0 Å². The van der Waals surface area contributed by atoms with Crippen LogP contribution in [0.5, 0.6) is 5.75 Å². The van der Waals surface area contributed by atoms with Crippen molar-refractivity contribution in [2.24, 2.45) is 0 Å². The van der Waals surface area contributed by atoms with Crippen LogP contribution in [-0.4, -0.2) is 16.4 Å². The van der Waals surface area contributed by atoms with Crippen molar-refractivity contribution in [2.75, 3.05) is 6.61 Å². The Morgan fingerprint density at radius 3 is 3.14 bits per heavy atom. The zero-order valence-corrected chi connectivity index (χ0v) is 9.42. The largest absolute Gasteiger partial charge is 0.485 e. The molecule has 0 saturated heterocycles. The summed E-state index contributed by atoms with van der Waals surface area (Å²) in [6, 6.07) is 0. The van der Waals surface area contributed by atoms with Crippen LogP contribution in [0, 0.1) is 0 Å². The molecule has 0 aliphatic heterocycles. The van der Waals surface area contributed by atoms with Crippen LogP contribution in [0.3, 0.4) is 0 Å². The van der Waals surface area contributed by atoms with E-state index in [0.29, 0.717) is 10.8 Å². The minimum absolute atomic E-state index is 0.281. The van der Waals surface area contributed by atoms with E-state index in [-0.39, 0.29) is 6.61 Å². The fourth-order valence-corrected chi connectivity index (χ4v) is 1.07. The topological polar surface area (TPSA) is 27.1 Å². The van der Waals surface area contributed by atoms with Gasteiger partial charge in [-0.2, -0.15) is 5.10 Å². The van der Waals surface area contributed by atoms with E-state index < -0.39 is 0 Å². The first-order chi connectivity index (χ1) is 6.76. The monoisotopic (exact) mass is 234 g/mol. The maximum Gasteiger partial charge on any atom is 0.157 e. The first-order valence-corrected chi connectivity index (χ1v) is 5.17. The highest BCUT2D eigenvalue weighted by atomic mass is 35.5. The van der Waals surface area contributed by atoms with Crippen LogP contribution in [0.15, 0.2) is 23.0 Å². The predicted molar refractivity (Wildman–Crippen MR) is 57.8 cm³/mol. The number of halogens is 2. The Hall–Kier alpha value is -0.670. The Bertz CT molecular complexity index is 310. The molecular formula is C9H12Cl2N2O. The predicted octanol–water partition coefficient (Wildman–Crippen LogP) is 2.99. The third-order valence-corrected chi connectivity index (χ3v) is 2.15. The van der Waals surface area contributed by atoms with Crippen LogP contribution in [0.2, 0.25) is 0 Å². The van der Waals surface area contributed by atoms with Gasteiger partial charge in [-0.3, -0.25) is 4.68 Å². The first-order valence-electron chi connectivity index (χ1n) is 4.36. The molecule has 14 heavy (non-hydrogen) atoms. The standard InChI is InChI=1S/C9H12Cl2N2O/c1-2-3-13-6-9(5-12-13)14-7-8(11)4-10/h4-6H,2-3,7H2,1H3/b8-4-. The second-order valence-corrected chi connectivity index (χ2v) is 3.49. The van der Waals surface area contributed by atoms with Crippen LogP contribution in [-0.2, 0) is 6.54 Å². The van der Waals surface area contributed by atoms with Gasteiger partial charge in [-0.15, -0.1) is 0 Å². The third kappa shape index (κ3) is 3.60. The molecule has 3 nitrogen and oxygen atoms in total. The van der Waals surface area contributed by atoms with Crippen molar-refractivity contribution in [2.45, 2.75) is 19.9 Å². The van der Waals surface area contributed by atoms with E-state index in [1.54, 1.807) is 6.20 Å². The summed E-state index contributed by atoms with van der Waals surface area (Å²) in [5.41, 5.74) is 1.29. The molecule has 0 fully saturated rings. The molecule has 0 aromatic carbocycles. The molecule has 0 aliphatic rings. The van der Waals surface area contributed by atoms with Crippen LogP contribution in [0.1, 0.15) is 13.3 Å². The summed E-state index contributed by atoms with van der Waals surface area (Å²) < 4.78 is 7.14. The fraction of sp³-hybridized carbons (Fsp3) is 0.444. The molecule has 1 heterocycles.